The van der Waals surface area contributed by atoms with E-state index in [9.17, 15) is 14.0 Å². The summed E-state index contributed by atoms with van der Waals surface area (Å²) in [6.07, 6.45) is 1.43. The predicted octanol–water partition coefficient (Wildman–Crippen LogP) is 5.04. The summed E-state index contributed by atoms with van der Waals surface area (Å²) in [6, 6.07) is 23.5. The van der Waals surface area contributed by atoms with Gasteiger partial charge in [-0.15, -0.1) is 0 Å². The van der Waals surface area contributed by atoms with Crippen molar-refractivity contribution in [3.05, 3.63) is 107 Å². The molecule has 0 saturated carbocycles. The van der Waals surface area contributed by atoms with Gasteiger partial charge in [0.05, 0.1) is 11.8 Å². The van der Waals surface area contributed by atoms with Crippen LogP contribution in [0.3, 0.4) is 0 Å². The maximum Gasteiger partial charge on any atom is 0.343 e. The first-order valence-electron chi connectivity index (χ1n) is 10.5. The number of nitrogens with zero attached hydrogens (tertiary/aromatic N) is 1. The molecule has 1 N–H and O–H groups in total. The number of nitrogens with one attached hydrogen (secondary N) is 1. The summed E-state index contributed by atoms with van der Waals surface area (Å²) in [4.78, 5) is 24.8. The molecule has 6 nitrogen and oxygen atoms in total. The van der Waals surface area contributed by atoms with Crippen LogP contribution in [0.1, 0.15) is 21.5 Å². The summed E-state index contributed by atoms with van der Waals surface area (Å²) in [7, 11) is 0. The van der Waals surface area contributed by atoms with Crippen molar-refractivity contribution >= 4 is 28.9 Å². The zero-order valence-corrected chi connectivity index (χ0v) is 18.3. The zero-order chi connectivity index (χ0) is 23.9. The standard InChI is InChI=1S/C27H21FN2O4/c1-18-6-8-20(9-7-18)27(32)34-25-15-10-19-4-2-3-5-23(19)24(25)16-29-30-26(31)17-33-22-13-11-21(28)12-14-22/h2-16H,17H2,1H3,(H,30,31)/b29-16-. The highest BCUT2D eigenvalue weighted by Crippen LogP contribution is 2.27. The number of hydrogen-bond acceptors (Lipinski definition) is 5. The number of aryl methyl sites for hydroxylation is 1. The van der Waals surface area contributed by atoms with Crippen molar-refractivity contribution in [1.82, 2.24) is 5.43 Å². The summed E-state index contributed by atoms with van der Waals surface area (Å²) < 4.78 is 23.9. The lowest BCUT2D eigenvalue weighted by atomic mass is 10.0. The number of amides is 1. The number of carbonyl (C=O) groups excluding carboxylic acids is 2. The fourth-order valence-corrected chi connectivity index (χ4v) is 3.23. The lowest BCUT2D eigenvalue weighted by Gasteiger charge is -2.11. The molecule has 170 valence electrons. The molecule has 0 fully saturated rings. The lowest BCUT2D eigenvalue weighted by Crippen LogP contribution is -2.24. The topological polar surface area (TPSA) is 77.0 Å². The molecular weight excluding hydrogens is 435 g/mol. The Morgan fingerprint density at radius 3 is 2.44 bits per heavy atom. The van der Waals surface area contributed by atoms with Gasteiger partial charge in [0.15, 0.2) is 6.61 Å². The van der Waals surface area contributed by atoms with Crippen LogP contribution in [0.25, 0.3) is 10.8 Å². The Morgan fingerprint density at radius 1 is 0.941 bits per heavy atom. The van der Waals surface area contributed by atoms with Crippen molar-refractivity contribution in [2.45, 2.75) is 6.92 Å². The molecule has 0 radical (unpaired) electrons. The maximum absolute atomic E-state index is 13.0. The Bertz CT molecular complexity index is 1350. The van der Waals surface area contributed by atoms with Crippen molar-refractivity contribution in [2.75, 3.05) is 6.61 Å². The van der Waals surface area contributed by atoms with E-state index in [1.807, 2.05) is 49.4 Å². The van der Waals surface area contributed by atoms with Gasteiger partial charge in [0.2, 0.25) is 0 Å². The van der Waals surface area contributed by atoms with Crippen molar-refractivity contribution in [3.8, 4) is 11.5 Å². The van der Waals surface area contributed by atoms with Gasteiger partial charge in [-0.05, 0) is 60.2 Å². The minimum Gasteiger partial charge on any atom is -0.484 e. The molecule has 0 heterocycles. The van der Waals surface area contributed by atoms with Crippen LogP contribution >= 0.6 is 0 Å². The first kappa shape index (κ1) is 22.7. The van der Waals surface area contributed by atoms with E-state index < -0.39 is 17.7 Å². The molecule has 0 aliphatic rings. The number of rotatable bonds is 7. The number of carbonyl (C=O) groups is 2. The van der Waals surface area contributed by atoms with Crippen LogP contribution in [0.2, 0.25) is 0 Å². The number of esters is 1. The lowest BCUT2D eigenvalue weighted by molar-refractivity contribution is -0.123. The van der Waals surface area contributed by atoms with E-state index in [4.69, 9.17) is 9.47 Å². The molecule has 4 aromatic rings. The molecule has 4 rings (SSSR count). The van der Waals surface area contributed by atoms with Gasteiger partial charge in [0.25, 0.3) is 5.91 Å². The number of hydrogen-bond donors (Lipinski definition) is 1. The largest absolute Gasteiger partial charge is 0.484 e. The summed E-state index contributed by atoms with van der Waals surface area (Å²) in [5.41, 5.74) is 4.39. The molecule has 1 amide bonds. The second kappa shape index (κ2) is 10.4. The van der Waals surface area contributed by atoms with Gasteiger partial charge >= 0.3 is 5.97 Å². The quantitative estimate of drug-likeness (QED) is 0.183. The first-order chi connectivity index (χ1) is 16.5. The van der Waals surface area contributed by atoms with E-state index in [2.05, 4.69) is 10.5 Å². The highest BCUT2D eigenvalue weighted by atomic mass is 19.1. The van der Waals surface area contributed by atoms with Gasteiger partial charge in [0.1, 0.15) is 17.3 Å². The summed E-state index contributed by atoms with van der Waals surface area (Å²) in [6.45, 7) is 1.64. The number of ether oxygens (including phenoxy) is 2. The van der Waals surface area contributed by atoms with Crippen molar-refractivity contribution in [2.24, 2.45) is 5.10 Å². The minimum atomic E-state index is -0.501. The van der Waals surface area contributed by atoms with Gasteiger partial charge in [-0.3, -0.25) is 4.79 Å². The minimum absolute atomic E-state index is 0.298. The molecule has 7 heteroatoms. The monoisotopic (exact) mass is 456 g/mol. The number of halogens is 1. The molecule has 4 aromatic carbocycles. The van der Waals surface area contributed by atoms with Crippen LogP contribution in [0, 0.1) is 12.7 Å². The molecule has 0 aliphatic heterocycles. The van der Waals surface area contributed by atoms with Crippen LogP contribution in [0.4, 0.5) is 4.39 Å². The van der Waals surface area contributed by atoms with E-state index in [0.29, 0.717) is 22.6 Å². The smallest absolute Gasteiger partial charge is 0.343 e. The van der Waals surface area contributed by atoms with E-state index in [0.717, 1.165) is 16.3 Å². The predicted molar refractivity (Wildman–Crippen MR) is 128 cm³/mol. The Hall–Kier alpha value is -4.52. The van der Waals surface area contributed by atoms with Crippen LogP contribution < -0.4 is 14.9 Å². The third-order valence-electron chi connectivity index (χ3n) is 4.99. The van der Waals surface area contributed by atoms with Gasteiger partial charge in [-0.2, -0.15) is 5.10 Å². The highest BCUT2D eigenvalue weighted by Gasteiger charge is 2.13. The highest BCUT2D eigenvalue weighted by molar-refractivity contribution is 6.04. The average Bonchev–Trinajstić information content (AvgIpc) is 2.85. The molecule has 0 aromatic heterocycles. The summed E-state index contributed by atoms with van der Waals surface area (Å²) in [5, 5.41) is 5.74. The summed E-state index contributed by atoms with van der Waals surface area (Å²) >= 11 is 0. The van der Waals surface area contributed by atoms with Crippen LogP contribution in [-0.2, 0) is 4.79 Å². The normalized spacial score (nSPS) is 10.9. The second-order valence-electron chi connectivity index (χ2n) is 7.49. The molecule has 0 saturated heterocycles. The molecule has 0 unspecified atom stereocenters. The fourth-order valence-electron chi connectivity index (χ4n) is 3.23. The Kier molecular flexibility index (Phi) is 6.93. The number of benzene rings is 4. The number of fused-ring (bicyclic) bond motifs is 1. The third kappa shape index (κ3) is 5.63. The maximum atomic E-state index is 13.0. The van der Waals surface area contributed by atoms with E-state index >= 15 is 0 Å². The van der Waals surface area contributed by atoms with Crippen LogP contribution in [-0.4, -0.2) is 24.7 Å². The second-order valence-corrected chi connectivity index (χ2v) is 7.49. The molecule has 34 heavy (non-hydrogen) atoms. The van der Waals surface area contributed by atoms with Gasteiger partial charge in [-0.25, -0.2) is 14.6 Å². The van der Waals surface area contributed by atoms with Crippen molar-refractivity contribution in [1.29, 1.82) is 0 Å². The van der Waals surface area contributed by atoms with E-state index in [1.54, 1.807) is 18.2 Å². The van der Waals surface area contributed by atoms with Gasteiger partial charge in [0, 0.05) is 5.56 Å². The first-order valence-corrected chi connectivity index (χ1v) is 10.5. The molecule has 0 atom stereocenters. The fraction of sp³-hybridized carbons (Fsp3) is 0.0741. The summed E-state index contributed by atoms with van der Waals surface area (Å²) in [5.74, 6) is -0.722. The van der Waals surface area contributed by atoms with Crippen LogP contribution in [0.15, 0.2) is 90.0 Å². The zero-order valence-electron chi connectivity index (χ0n) is 18.3. The molecule has 0 bridgehead atoms. The van der Waals surface area contributed by atoms with Crippen LogP contribution in [0.5, 0.6) is 11.5 Å². The Labute approximate surface area is 195 Å². The Morgan fingerprint density at radius 2 is 1.68 bits per heavy atom. The van der Waals surface area contributed by atoms with Gasteiger partial charge in [-0.1, -0.05) is 48.0 Å². The van der Waals surface area contributed by atoms with E-state index in [1.165, 1.54) is 30.5 Å². The SMILES string of the molecule is Cc1ccc(C(=O)Oc2ccc3ccccc3c2/C=N\NC(=O)COc2ccc(F)cc2)cc1. The third-order valence-corrected chi connectivity index (χ3v) is 4.99. The molecule has 0 spiro atoms. The molecular formula is C27H21FN2O4. The van der Waals surface area contributed by atoms with Crippen molar-refractivity contribution in [3.63, 3.8) is 0 Å². The van der Waals surface area contributed by atoms with Gasteiger partial charge < -0.3 is 9.47 Å². The average molecular weight is 456 g/mol. The van der Waals surface area contributed by atoms with Crippen molar-refractivity contribution < 1.29 is 23.5 Å². The molecule has 0 aliphatic carbocycles. The Balaban J connectivity index is 1.50. The number of hydrazone groups is 1. The van der Waals surface area contributed by atoms with E-state index in [-0.39, 0.29) is 6.61 Å².